The Morgan fingerprint density at radius 2 is 1.89 bits per heavy atom. The predicted octanol–water partition coefficient (Wildman–Crippen LogP) is 2.23. The number of aliphatic hydroxyl groups is 1. The van der Waals surface area contributed by atoms with Crippen molar-refractivity contribution in [1.29, 1.82) is 0 Å². The summed E-state index contributed by atoms with van der Waals surface area (Å²) in [6.45, 7) is 4.36. The molecule has 19 heavy (non-hydrogen) atoms. The fraction of sp³-hybridized carbons (Fsp3) is 0.600. The minimum Gasteiger partial charge on any atom is -0.497 e. The molecule has 2 atom stereocenters. The van der Waals surface area contributed by atoms with Gasteiger partial charge in [-0.05, 0) is 19.0 Å². The molecule has 108 valence electrons. The molecular weight excluding hydrogens is 242 g/mol. The fourth-order valence-electron chi connectivity index (χ4n) is 2.38. The van der Waals surface area contributed by atoms with Crippen molar-refractivity contribution in [2.45, 2.75) is 19.9 Å². The molecule has 1 rings (SSSR count). The third-order valence-electron chi connectivity index (χ3n) is 3.58. The van der Waals surface area contributed by atoms with Crippen LogP contribution in [0.15, 0.2) is 18.2 Å². The maximum absolute atomic E-state index is 9.62. The first-order chi connectivity index (χ1) is 9.08. The fourth-order valence-corrected chi connectivity index (χ4v) is 2.38. The van der Waals surface area contributed by atoms with Gasteiger partial charge in [-0.2, -0.15) is 0 Å². The first-order valence-electron chi connectivity index (χ1n) is 6.59. The van der Waals surface area contributed by atoms with Crippen LogP contribution in [-0.2, 0) is 0 Å². The van der Waals surface area contributed by atoms with Crippen molar-refractivity contribution in [3.05, 3.63) is 23.8 Å². The third kappa shape index (κ3) is 3.61. The lowest BCUT2D eigenvalue weighted by atomic mass is 9.84. The molecule has 4 nitrogen and oxygen atoms in total. The van der Waals surface area contributed by atoms with Crippen LogP contribution in [0.4, 0.5) is 0 Å². The van der Waals surface area contributed by atoms with Crippen molar-refractivity contribution < 1.29 is 14.6 Å². The van der Waals surface area contributed by atoms with Crippen molar-refractivity contribution in [3.63, 3.8) is 0 Å². The molecule has 0 spiro atoms. The molecule has 1 aromatic carbocycles. The maximum Gasteiger partial charge on any atom is 0.127 e. The van der Waals surface area contributed by atoms with Crippen molar-refractivity contribution in [3.8, 4) is 11.5 Å². The molecule has 0 heterocycles. The van der Waals surface area contributed by atoms with Gasteiger partial charge in [0.05, 0.1) is 14.2 Å². The van der Waals surface area contributed by atoms with Crippen molar-refractivity contribution in [1.82, 2.24) is 5.32 Å². The van der Waals surface area contributed by atoms with E-state index in [1.54, 1.807) is 14.2 Å². The first kappa shape index (κ1) is 15.8. The Labute approximate surface area is 115 Å². The number of rotatable bonds is 7. The van der Waals surface area contributed by atoms with E-state index in [1.807, 2.05) is 25.2 Å². The SMILES string of the molecule is CNC(c1ccc(OC)cc1OC)C(CO)C(C)C. The molecule has 0 amide bonds. The smallest absolute Gasteiger partial charge is 0.127 e. The summed E-state index contributed by atoms with van der Waals surface area (Å²) < 4.78 is 10.7. The Balaban J connectivity index is 3.16. The highest BCUT2D eigenvalue weighted by molar-refractivity contribution is 5.42. The molecule has 0 aliphatic carbocycles. The second kappa shape index (κ2) is 7.36. The average molecular weight is 267 g/mol. The Bertz CT molecular complexity index is 393. The molecule has 0 saturated carbocycles. The van der Waals surface area contributed by atoms with Gasteiger partial charge in [0, 0.05) is 30.2 Å². The number of methoxy groups -OCH3 is 2. The number of hydrogen-bond donors (Lipinski definition) is 2. The molecule has 0 aliphatic rings. The van der Waals surface area contributed by atoms with Crippen LogP contribution >= 0.6 is 0 Å². The van der Waals surface area contributed by atoms with E-state index < -0.39 is 0 Å². The van der Waals surface area contributed by atoms with Crippen molar-refractivity contribution in [2.75, 3.05) is 27.9 Å². The summed E-state index contributed by atoms with van der Waals surface area (Å²) in [4.78, 5) is 0. The number of hydrogen-bond acceptors (Lipinski definition) is 4. The molecule has 0 bridgehead atoms. The lowest BCUT2D eigenvalue weighted by Crippen LogP contribution is -2.31. The van der Waals surface area contributed by atoms with E-state index >= 15 is 0 Å². The third-order valence-corrected chi connectivity index (χ3v) is 3.58. The molecule has 0 aliphatic heterocycles. The normalized spacial score (nSPS) is 14.3. The maximum atomic E-state index is 9.62. The van der Waals surface area contributed by atoms with Crippen LogP contribution in [0.2, 0.25) is 0 Å². The van der Waals surface area contributed by atoms with E-state index in [-0.39, 0.29) is 18.6 Å². The van der Waals surface area contributed by atoms with E-state index in [2.05, 4.69) is 19.2 Å². The summed E-state index contributed by atoms with van der Waals surface area (Å²) in [6, 6.07) is 5.82. The van der Waals surface area contributed by atoms with Crippen LogP contribution in [0.5, 0.6) is 11.5 Å². The zero-order valence-corrected chi connectivity index (χ0v) is 12.4. The van der Waals surface area contributed by atoms with Gasteiger partial charge in [0.15, 0.2) is 0 Å². The molecular formula is C15H25NO3. The summed E-state index contributed by atoms with van der Waals surface area (Å²) in [5.41, 5.74) is 1.04. The molecule has 2 N–H and O–H groups in total. The van der Waals surface area contributed by atoms with E-state index in [9.17, 15) is 5.11 Å². The minimum atomic E-state index is 0.0471. The lowest BCUT2D eigenvalue weighted by molar-refractivity contribution is 0.153. The molecule has 0 aromatic heterocycles. The van der Waals surface area contributed by atoms with Gasteiger partial charge < -0.3 is 19.9 Å². The number of benzene rings is 1. The lowest BCUT2D eigenvalue weighted by Gasteiger charge is -2.30. The number of ether oxygens (including phenoxy) is 2. The van der Waals surface area contributed by atoms with Gasteiger partial charge in [0.1, 0.15) is 11.5 Å². The highest BCUT2D eigenvalue weighted by atomic mass is 16.5. The van der Waals surface area contributed by atoms with Crippen molar-refractivity contribution in [2.24, 2.45) is 11.8 Å². The molecule has 2 unspecified atom stereocenters. The summed E-state index contributed by atoms with van der Waals surface area (Å²) in [7, 11) is 5.18. The van der Waals surface area contributed by atoms with E-state index in [0.717, 1.165) is 17.1 Å². The molecule has 4 heteroatoms. The van der Waals surface area contributed by atoms with Gasteiger partial charge in [-0.25, -0.2) is 0 Å². The Kier molecular flexibility index (Phi) is 6.12. The predicted molar refractivity (Wildman–Crippen MR) is 76.8 cm³/mol. The molecule has 0 fully saturated rings. The van der Waals surface area contributed by atoms with Crippen LogP contribution < -0.4 is 14.8 Å². The largest absolute Gasteiger partial charge is 0.497 e. The Hall–Kier alpha value is -1.26. The van der Waals surface area contributed by atoms with Crippen LogP contribution in [0.25, 0.3) is 0 Å². The van der Waals surface area contributed by atoms with Gasteiger partial charge in [-0.15, -0.1) is 0 Å². The standard InChI is InChI=1S/C15H25NO3/c1-10(2)13(9-17)15(16-3)12-7-6-11(18-4)8-14(12)19-5/h6-8,10,13,15-17H,9H2,1-5H3. The molecule has 0 radical (unpaired) electrons. The summed E-state index contributed by atoms with van der Waals surface area (Å²) >= 11 is 0. The summed E-state index contributed by atoms with van der Waals surface area (Å²) in [5, 5.41) is 12.9. The number of nitrogens with one attached hydrogen (secondary N) is 1. The first-order valence-corrected chi connectivity index (χ1v) is 6.59. The summed E-state index contributed by atoms with van der Waals surface area (Å²) in [6.07, 6.45) is 0. The molecule has 0 saturated heterocycles. The van der Waals surface area contributed by atoms with Crippen LogP contribution in [-0.4, -0.2) is 33.0 Å². The van der Waals surface area contributed by atoms with Gasteiger partial charge in [0.25, 0.3) is 0 Å². The average Bonchev–Trinajstić information content (AvgIpc) is 2.43. The van der Waals surface area contributed by atoms with Crippen LogP contribution in [0, 0.1) is 11.8 Å². The topological polar surface area (TPSA) is 50.7 Å². The monoisotopic (exact) mass is 267 g/mol. The van der Waals surface area contributed by atoms with Crippen molar-refractivity contribution >= 4 is 0 Å². The van der Waals surface area contributed by atoms with E-state index in [1.165, 1.54) is 0 Å². The second-order valence-electron chi connectivity index (χ2n) is 4.96. The van der Waals surface area contributed by atoms with E-state index in [4.69, 9.17) is 9.47 Å². The van der Waals surface area contributed by atoms with Gasteiger partial charge >= 0.3 is 0 Å². The zero-order chi connectivity index (χ0) is 14.4. The Morgan fingerprint density at radius 1 is 1.21 bits per heavy atom. The Morgan fingerprint density at radius 3 is 2.32 bits per heavy atom. The van der Waals surface area contributed by atoms with Gasteiger partial charge in [-0.3, -0.25) is 0 Å². The quantitative estimate of drug-likeness (QED) is 0.795. The second-order valence-corrected chi connectivity index (χ2v) is 4.96. The summed E-state index contributed by atoms with van der Waals surface area (Å²) in [5.74, 6) is 2.04. The zero-order valence-electron chi connectivity index (χ0n) is 12.4. The van der Waals surface area contributed by atoms with Crippen LogP contribution in [0.3, 0.4) is 0 Å². The highest BCUT2D eigenvalue weighted by Gasteiger charge is 2.26. The van der Waals surface area contributed by atoms with Gasteiger partial charge in [0.2, 0.25) is 0 Å². The van der Waals surface area contributed by atoms with Gasteiger partial charge in [-0.1, -0.05) is 19.9 Å². The number of aliphatic hydroxyl groups excluding tert-OH is 1. The highest BCUT2D eigenvalue weighted by Crippen LogP contribution is 2.35. The van der Waals surface area contributed by atoms with E-state index in [0.29, 0.717) is 5.92 Å². The molecule has 1 aromatic rings. The minimum absolute atomic E-state index is 0.0471. The van der Waals surface area contributed by atoms with Crippen LogP contribution in [0.1, 0.15) is 25.5 Å².